The van der Waals surface area contributed by atoms with E-state index in [1.807, 2.05) is 83.1 Å². The van der Waals surface area contributed by atoms with Gasteiger partial charge in [-0.05, 0) is 62.6 Å². The zero-order valence-corrected chi connectivity index (χ0v) is 19.7. The van der Waals surface area contributed by atoms with Gasteiger partial charge in [0.05, 0.1) is 24.3 Å². The number of hydrogen-bond donors (Lipinski definition) is 1. The van der Waals surface area contributed by atoms with Crippen LogP contribution in [-0.4, -0.2) is 55.0 Å². The summed E-state index contributed by atoms with van der Waals surface area (Å²) in [6.45, 7) is 8.34. The Labute approximate surface area is 190 Å². The first-order valence-corrected chi connectivity index (χ1v) is 10.9. The molecule has 32 heavy (non-hydrogen) atoms. The summed E-state index contributed by atoms with van der Waals surface area (Å²) in [4.78, 5) is 29.5. The second-order valence-electron chi connectivity index (χ2n) is 8.70. The Kier molecular flexibility index (Phi) is 7.04. The van der Waals surface area contributed by atoms with Crippen LogP contribution in [0.2, 0.25) is 0 Å². The normalized spacial score (nSPS) is 18.0. The van der Waals surface area contributed by atoms with Crippen molar-refractivity contribution in [2.45, 2.75) is 39.8 Å². The van der Waals surface area contributed by atoms with Gasteiger partial charge in [0, 0.05) is 31.9 Å². The number of aryl methyl sites for hydroxylation is 2. The van der Waals surface area contributed by atoms with Crippen LogP contribution in [0, 0.1) is 13.8 Å². The average Bonchev–Trinajstić information content (AvgIpc) is 3.00. The number of ketones is 1. The van der Waals surface area contributed by atoms with Gasteiger partial charge in [0.15, 0.2) is 0 Å². The van der Waals surface area contributed by atoms with Crippen molar-refractivity contribution in [3.63, 3.8) is 0 Å². The fraction of sp³-hybridized carbons (Fsp3) is 0.385. The molecule has 0 aliphatic carbocycles. The molecule has 1 aliphatic heterocycles. The van der Waals surface area contributed by atoms with E-state index < -0.39 is 17.7 Å². The van der Waals surface area contributed by atoms with E-state index in [2.05, 4.69) is 0 Å². The number of amides is 1. The van der Waals surface area contributed by atoms with Crippen molar-refractivity contribution < 1.29 is 19.4 Å². The molecule has 6 nitrogen and oxygen atoms in total. The zero-order valence-electron chi connectivity index (χ0n) is 19.7. The monoisotopic (exact) mass is 436 g/mol. The third-order valence-electron chi connectivity index (χ3n) is 5.83. The minimum atomic E-state index is -0.677. The molecule has 1 amide bonds. The summed E-state index contributed by atoms with van der Waals surface area (Å²) in [5, 5.41) is 11.2. The number of aliphatic hydroxyl groups is 1. The topological polar surface area (TPSA) is 70.1 Å². The van der Waals surface area contributed by atoms with E-state index in [0.29, 0.717) is 12.2 Å². The van der Waals surface area contributed by atoms with Gasteiger partial charge in [-0.3, -0.25) is 9.59 Å². The SMILES string of the molecule is Cc1ccc(/C(O)=C2/C(=O)C(=O)N(CCOC(C)C)C2c2ccc(N(C)C)cc2)cc1C. The van der Waals surface area contributed by atoms with E-state index in [0.717, 1.165) is 22.4 Å². The number of Topliss-reactive ketones (excluding diaryl/α,β-unsaturated/α-hetero) is 1. The van der Waals surface area contributed by atoms with E-state index in [1.54, 1.807) is 6.07 Å². The van der Waals surface area contributed by atoms with Crippen LogP contribution in [0.1, 0.15) is 42.1 Å². The van der Waals surface area contributed by atoms with E-state index >= 15 is 0 Å². The Balaban J connectivity index is 2.10. The van der Waals surface area contributed by atoms with E-state index in [-0.39, 0.29) is 24.0 Å². The lowest BCUT2D eigenvalue weighted by Gasteiger charge is -2.26. The minimum Gasteiger partial charge on any atom is -0.507 e. The maximum atomic E-state index is 13.1. The number of ether oxygens (including phenoxy) is 1. The maximum Gasteiger partial charge on any atom is 0.295 e. The summed E-state index contributed by atoms with van der Waals surface area (Å²) < 4.78 is 5.64. The van der Waals surface area contributed by atoms with E-state index in [4.69, 9.17) is 4.74 Å². The number of rotatable bonds is 7. The van der Waals surface area contributed by atoms with Crippen molar-refractivity contribution in [2.75, 3.05) is 32.1 Å². The quantitative estimate of drug-likeness (QED) is 0.400. The number of nitrogens with zero attached hydrogens (tertiary/aromatic N) is 2. The molecule has 3 rings (SSSR count). The van der Waals surface area contributed by atoms with Gasteiger partial charge < -0.3 is 19.6 Å². The molecule has 1 unspecified atom stereocenters. The van der Waals surface area contributed by atoms with Crippen LogP contribution in [0.4, 0.5) is 5.69 Å². The molecule has 1 heterocycles. The molecule has 0 radical (unpaired) electrons. The molecule has 1 atom stereocenters. The first-order chi connectivity index (χ1) is 15.1. The second kappa shape index (κ2) is 9.57. The van der Waals surface area contributed by atoms with Crippen LogP contribution >= 0.6 is 0 Å². The highest BCUT2D eigenvalue weighted by Gasteiger charge is 2.45. The average molecular weight is 437 g/mol. The van der Waals surface area contributed by atoms with Crippen LogP contribution in [0.15, 0.2) is 48.0 Å². The summed E-state index contributed by atoms with van der Waals surface area (Å²) in [6, 6.07) is 12.5. The van der Waals surface area contributed by atoms with Crippen LogP contribution in [0.3, 0.4) is 0 Å². The second-order valence-corrected chi connectivity index (χ2v) is 8.70. The lowest BCUT2D eigenvalue weighted by molar-refractivity contribution is -0.140. The molecular formula is C26H32N2O4. The molecule has 1 saturated heterocycles. The maximum absolute atomic E-state index is 13.1. The molecule has 1 fully saturated rings. The molecule has 6 heteroatoms. The highest BCUT2D eigenvalue weighted by Crippen LogP contribution is 2.39. The largest absolute Gasteiger partial charge is 0.507 e. The van der Waals surface area contributed by atoms with Crippen LogP contribution in [0.25, 0.3) is 5.76 Å². The highest BCUT2D eigenvalue weighted by atomic mass is 16.5. The summed E-state index contributed by atoms with van der Waals surface area (Å²) >= 11 is 0. The number of carbonyl (C=O) groups excluding carboxylic acids is 2. The summed E-state index contributed by atoms with van der Waals surface area (Å²) in [6.07, 6.45) is 0.0141. The minimum absolute atomic E-state index is 0.0141. The summed E-state index contributed by atoms with van der Waals surface area (Å²) in [7, 11) is 3.90. The molecule has 0 bridgehead atoms. The van der Waals surface area contributed by atoms with Crippen molar-refractivity contribution in [3.05, 3.63) is 70.3 Å². The van der Waals surface area contributed by atoms with Crippen molar-refractivity contribution >= 4 is 23.1 Å². The van der Waals surface area contributed by atoms with Gasteiger partial charge in [-0.1, -0.05) is 24.3 Å². The fourth-order valence-electron chi connectivity index (χ4n) is 3.84. The highest BCUT2D eigenvalue weighted by molar-refractivity contribution is 6.46. The molecule has 2 aromatic rings. The van der Waals surface area contributed by atoms with Gasteiger partial charge in [-0.15, -0.1) is 0 Å². The van der Waals surface area contributed by atoms with Crippen molar-refractivity contribution in [2.24, 2.45) is 0 Å². The zero-order chi connectivity index (χ0) is 23.6. The number of carbonyl (C=O) groups is 2. The smallest absolute Gasteiger partial charge is 0.295 e. The third-order valence-corrected chi connectivity index (χ3v) is 5.83. The van der Waals surface area contributed by atoms with Gasteiger partial charge in [0.25, 0.3) is 11.7 Å². The van der Waals surface area contributed by atoms with Crippen LogP contribution in [-0.2, 0) is 14.3 Å². The molecule has 1 aliphatic rings. The molecule has 0 spiro atoms. The Morgan fingerprint density at radius 1 is 1.06 bits per heavy atom. The molecule has 0 saturated carbocycles. The van der Waals surface area contributed by atoms with Crippen LogP contribution < -0.4 is 4.90 Å². The van der Waals surface area contributed by atoms with Gasteiger partial charge in [0.2, 0.25) is 0 Å². The summed E-state index contributed by atoms with van der Waals surface area (Å²) in [5.41, 5.74) is 4.50. The molecule has 1 N–H and O–H groups in total. The van der Waals surface area contributed by atoms with Gasteiger partial charge in [-0.2, -0.15) is 0 Å². The Morgan fingerprint density at radius 3 is 2.28 bits per heavy atom. The molecule has 0 aromatic heterocycles. The van der Waals surface area contributed by atoms with Gasteiger partial charge in [0.1, 0.15) is 5.76 Å². The summed E-state index contributed by atoms with van der Waals surface area (Å²) in [5.74, 6) is -1.45. The predicted octanol–water partition coefficient (Wildman–Crippen LogP) is 4.22. The van der Waals surface area contributed by atoms with Gasteiger partial charge in [-0.25, -0.2) is 0 Å². The number of hydrogen-bond acceptors (Lipinski definition) is 5. The van der Waals surface area contributed by atoms with E-state index in [1.165, 1.54) is 4.90 Å². The van der Waals surface area contributed by atoms with Crippen molar-refractivity contribution in [1.29, 1.82) is 0 Å². The van der Waals surface area contributed by atoms with Crippen molar-refractivity contribution in [3.8, 4) is 0 Å². The number of benzene rings is 2. The predicted molar refractivity (Wildman–Crippen MR) is 127 cm³/mol. The Morgan fingerprint density at radius 2 is 1.72 bits per heavy atom. The van der Waals surface area contributed by atoms with Crippen molar-refractivity contribution in [1.82, 2.24) is 4.90 Å². The first-order valence-electron chi connectivity index (χ1n) is 10.9. The standard InChI is InChI=1S/C26H32N2O4/c1-16(2)32-14-13-28-23(19-9-11-21(12-10-19)27(5)6)22(25(30)26(28)31)24(29)20-8-7-17(3)18(4)15-20/h7-12,15-16,23,29H,13-14H2,1-6H3/b24-22-. The Hall–Kier alpha value is -3.12. The lowest BCUT2D eigenvalue weighted by Crippen LogP contribution is -2.33. The Bertz CT molecular complexity index is 1040. The molecule has 2 aromatic carbocycles. The molecular weight excluding hydrogens is 404 g/mol. The number of aliphatic hydroxyl groups excluding tert-OH is 1. The number of likely N-dealkylation sites (tertiary alicyclic amines) is 1. The molecule has 170 valence electrons. The van der Waals surface area contributed by atoms with E-state index in [9.17, 15) is 14.7 Å². The first kappa shape index (κ1) is 23.5. The number of anilines is 1. The van der Waals surface area contributed by atoms with Gasteiger partial charge >= 0.3 is 0 Å². The lowest BCUT2D eigenvalue weighted by atomic mass is 9.94. The van der Waals surface area contributed by atoms with Crippen LogP contribution in [0.5, 0.6) is 0 Å². The third kappa shape index (κ3) is 4.70. The fourth-order valence-corrected chi connectivity index (χ4v) is 3.84.